The van der Waals surface area contributed by atoms with E-state index in [1.165, 1.54) is 0 Å². The molecule has 1 aromatic rings. The molecule has 2 rings (SSSR count). The Morgan fingerprint density at radius 2 is 2.25 bits per heavy atom. The molecule has 0 saturated carbocycles. The number of hydrogen-bond acceptors (Lipinski definition) is 4. The summed E-state index contributed by atoms with van der Waals surface area (Å²) in [4.78, 5) is 25.3. The van der Waals surface area contributed by atoms with Crippen molar-refractivity contribution in [3.8, 4) is 0 Å². The fraction of sp³-hybridized carbons (Fsp3) is 0.692. The van der Waals surface area contributed by atoms with Gasteiger partial charge in [0, 0.05) is 25.7 Å². The lowest BCUT2D eigenvalue weighted by atomic mass is 9.83. The zero-order valence-electron chi connectivity index (χ0n) is 11.7. The van der Waals surface area contributed by atoms with Gasteiger partial charge in [-0.25, -0.2) is 0 Å². The third-order valence-corrected chi connectivity index (χ3v) is 3.92. The third-order valence-electron chi connectivity index (χ3n) is 3.92. The molecule has 1 atom stereocenters. The summed E-state index contributed by atoms with van der Waals surface area (Å²) in [5, 5.41) is 16.9. The van der Waals surface area contributed by atoms with Crippen LogP contribution in [0.5, 0.6) is 0 Å². The van der Waals surface area contributed by atoms with E-state index in [-0.39, 0.29) is 5.91 Å². The molecule has 0 bridgehead atoms. The molecule has 1 fully saturated rings. The highest BCUT2D eigenvalue weighted by atomic mass is 16.4. The van der Waals surface area contributed by atoms with E-state index in [1.807, 2.05) is 6.92 Å². The molecule has 0 spiro atoms. The number of likely N-dealkylation sites (tertiary alicyclic amines) is 1. The van der Waals surface area contributed by atoms with Gasteiger partial charge in [-0.05, 0) is 12.8 Å². The molecule has 0 aromatic carbocycles. The van der Waals surface area contributed by atoms with Gasteiger partial charge >= 0.3 is 5.97 Å². The van der Waals surface area contributed by atoms with Crippen LogP contribution in [-0.2, 0) is 16.1 Å². The van der Waals surface area contributed by atoms with Gasteiger partial charge in [0.1, 0.15) is 0 Å². The molecular weight excluding hydrogens is 260 g/mol. The van der Waals surface area contributed by atoms with Crippen LogP contribution in [0.1, 0.15) is 32.6 Å². The van der Waals surface area contributed by atoms with Crippen LogP contribution in [0.15, 0.2) is 12.4 Å². The molecule has 1 unspecified atom stereocenters. The minimum Gasteiger partial charge on any atom is -0.481 e. The summed E-state index contributed by atoms with van der Waals surface area (Å²) in [7, 11) is 0. The first-order valence-electron chi connectivity index (χ1n) is 6.93. The molecule has 1 amide bonds. The molecule has 0 radical (unpaired) electrons. The predicted molar refractivity (Wildman–Crippen MR) is 70.8 cm³/mol. The Balaban J connectivity index is 1.90. The summed E-state index contributed by atoms with van der Waals surface area (Å²) in [6, 6.07) is 0. The average Bonchev–Trinajstić information content (AvgIpc) is 3.06. The van der Waals surface area contributed by atoms with E-state index in [0.717, 1.165) is 6.42 Å². The Hall–Kier alpha value is -1.92. The van der Waals surface area contributed by atoms with E-state index in [2.05, 4.69) is 10.3 Å². The standard InChI is InChI=1S/C13H20N4O3/c1-2-4-13(12(19)20)5-8-16(10-13)11(18)3-7-17-9-6-14-15-17/h6,9H,2-5,7-8,10H2,1H3,(H,19,20). The second-order valence-electron chi connectivity index (χ2n) is 5.32. The van der Waals surface area contributed by atoms with Crippen LogP contribution in [0.3, 0.4) is 0 Å². The fourth-order valence-corrected chi connectivity index (χ4v) is 2.77. The zero-order chi connectivity index (χ0) is 14.6. The highest BCUT2D eigenvalue weighted by Gasteiger charge is 2.45. The van der Waals surface area contributed by atoms with Gasteiger partial charge in [-0.15, -0.1) is 5.10 Å². The molecule has 7 nitrogen and oxygen atoms in total. The van der Waals surface area contributed by atoms with Crippen LogP contribution in [0.25, 0.3) is 0 Å². The van der Waals surface area contributed by atoms with E-state index in [9.17, 15) is 14.7 Å². The van der Waals surface area contributed by atoms with E-state index in [1.54, 1.807) is 22.0 Å². The second-order valence-corrected chi connectivity index (χ2v) is 5.32. The van der Waals surface area contributed by atoms with Crippen LogP contribution >= 0.6 is 0 Å². The Morgan fingerprint density at radius 1 is 1.45 bits per heavy atom. The average molecular weight is 280 g/mol. The molecule has 1 aliphatic heterocycles. The molecule has 110 valence electrons. The van der Waals surface area contributed by atoms with Crippen LogP contribution < -0.4 is 0 Å². The molecule has 1 aromatic heterocycles. The van der Waals surface area contributed by atoms with E-state index >= 15 is 0 Å². The maximum Gasteiger partial charge on any atom is 0.311 e. The van der Waals surface area contributed by atoms with Crippen LogP contribution in [-0.4, -0.2) is 50.0 Å². The van der Waals surface area contributed by atoms with Gasteiger partial charge in [-0.3, -0.25) is 14.3 Å². The minimum atomic E-state index is -0.786. The van der Waals surface area contributed by atoms with Gasteiger partial charge in [0.15, 0.2) is 0 Å². The summed E-state index contributed by atoms with van der Waals surface area (Å²) in [6.45, 7) is 3.30. The van der Waals surface area contributed by atoms with Crippen molar-refractivity contribution in [1.82, 2.24) is 19.9 Å². The monoisotopic (exact) mass is 280 g/mol. The number of rotatable bonds is 6. The lowest BCUT2D eigenvalue weighted by Gasteiger charge is -2.24. The summed E-state index contributed by atoms with van der Waals surface area (Å²) < 4.78 is 1.60. The number of aliphatic carboxylic acids is 1. The number of carboxylic acid groups (broad SMARTS) is 1. The lowest BCUT2D eigenvalue weighted by molar-refractivity contribution is -0.149. The highest BCUT2D eigenvalue weighted by molar-refractivity contribution is 5.80. The third kappa shape index (κ3) is 2.97. The van der Waals surface area contributed by atoms with Crippen molar-refractivity contribution in [3.05, 3.63) is 12.4 Å². The largest absolute Gasteiger partial charge is 0.481 e. The summed E-state index contributed by atoms with van der Waals surface area (Å²) in [6.07, 6.45) is 5.58. The molecular formula is C13H20N4O3. The van der Waals surface area contributed by atoms with Crippen molar-refractivity contribution >= 4 is 11.9 Å². The Kier molecular flexibility index (Phi) is 4.36. The predicted octanol–water partition coefficient (Wildman–Crippen LogP) is 0.772. The number of aromatic nitrogens is 3. The van der Waals surface area contributed by atoms with Crippen molar-refractivity contribution in [1.29, 1.82) is 0 Å². The number of amides is 1. The molecule has 20 heavy (non-hydrogen) atoms. The van der Waals surface area contributed by atoms with Gasteiger partial charge in [0.2, 0.25) is 5.91 Å². The number of aryl methyl sites for hydroxylation is 1. The first-order valence-corrected chi connectivity index (χ1v) is 6.93. The van der Waals surface area contributed by atoms with Crippen molar-refractivity contribution in [2.45, 2.75) is 39.2 Å². The summed E-state index contributed by atoms with van der Waals surface area (Å²) in [5.74, 6) is -0.800. The SMILES string of the molecule is CCCC1(C(=O)O)CCN(C(=O)CCn2ccnn2)C1. The zero-order valence-corrected chi connectivity index (χ0v) is 11.7. The van der Waals surface area contributed by atoms with Gasteiger partial charge in [0.25, 0.3) is 0 Å². The van der Waals surface area contributed by atoms with E-state index in [4.69, 9.17) is 0 Å². The van der Waals surface area contributed by atoms with Gasteiger partial charge in [-0.2, -0.15) is 0 Å². The number of hydrogen-bond donors (Lipinski definition) is 1. The maximum atomic E-state index is 12.1. The van der Waals surface area contributed by atoms with E-state index in [0.29, 0.717) is 38.9 Å². The minimum absolute atomic E-state index is 0.0141. The lowest BCUT2D eigenvalue weighted by Crippen LogP contribution is -2.37. The van der Waals surface area contributed by atoms with Gasteiger partial charge in [0.05, 0.1) is 18.2 Å². The summed E-state index contributed by atoms with van der Waals surface area (Å²) >= 11 is 0. The van der Waals surface area contributed by atoms with Gasteiger partial charge < -0.3 is 10.0 Å². The fourth-order valence-electron chi connectivity index (χ4n) is 2.77. The van der Waals surface area contributed by atoms with Crippen LogP contribution in [0.4, 0.5) is 0 Å². The van der Waals surface area contributed by atoms with Crippen molar-refractivity contribution < 1.29 is 14.7 Å². The number of carbonyl (C=O) groups excluding carboxylic acids is 1. The molecule has 1 saturated heterocycles. The smallest absolute Gasteiger partial charge is 0.311 e. The highest BCUT2D eigenvalue weighted by Crippen LogP contribution is 2.35. The quantitative estimate of drug-likeness (QED) is 0.831. The number of carboxylic acids is 1. The number of carbonyl (C=O) groups is 2. The van der Waals surface area contributed by atoms with Crippen LogP contribution in [0.2, 0.25) is 0 Å². The molecule has 2 heterocycles. The van der Waals surface area contributed by atoms with Crippen molar-refractivity contribution in [2.75, 3.05) is 13.1 Å². The molecule has 0 aliphatic carbocycles. The first-order chi connectivity index (χ1) is 9.57. The van der Waals surface area contributed by atoms with Gasteiger partial charge in [-0.1, -0.05) is 18.6 Å². The Labute approximate surface area is 117 Å². The Bertz CT molecular complexity index is 474. The molecule has 7 heteroatoms. The van der Waals surface area contributed by atoms with E-state index < -0.39 is 11.4 Å². The van der Waals surface area contributed by atoms with Crippen molar-refractivity contribution in [3.63, 3.8) is 0 Å². The Morgan fingerprint density at radius 3 is 2.85 bits per heavy atom. The van der Waals surface area contributed by atoms with Crippen LogP contribution in [0, 0.1) is 5.41 Å². The van der Waals surface area contributed by atoms with Crippen molar-refractivity contribution in [2.24, 2.45) is 5.41 Å². The normalized spacial score (nSPS) is 22.1. The maximum absolute atomic E-state index is 12.1. The molecule has 1 aliphatic rings. The second kappa shape index (κ2) is 6.02. The number of nitrogens with zero attached hydrogens (tertiary/aromatic N) is 4. The topological polar surface area (TPSA) is 88.3 Å². The molecule has 1 N–H and O–H groups in total. The first kappa shape index (κ1) is 14.5. The summed E-state index contributed by atoms with van der Waals surface area (Å²) in [5.41, 5.74) is -0.752.